The molecular formula is C17H27N5O2S. The van der Waals surface area contributed by atoms with Gasteiger partial charge in [-0.2, -0.15) is 0 Å². The lowest BCUT2D eigenvalue weighted by atomic mass is 9.94. The van der Waals surface area contributed by atoms with Gasteiger partial charge < -0.3 is 10.6 Å². The molecule has 2 aliphatic rings. The van der Waals surface area contributed by atoms with Crippen molar-refractivity contribution in [1.29, 1.82) is 0 Å². The summed E-state index contributed by atoms with van der Waals surface area (Å²) in [6, 6.07) is 0.129. The van der Waals surface area contributed by atoms with Crippen molar-refractivity contribution in [3.05, 3.63) is 5.51 Å². The van der Waals surface area contributed by atoms with Crippen LogP contribution in [-0.2, 0) is 9.59 Å². The number of nitrogens with zero attached hydrogens (tertiary/aromatic N) is 3. The standard InChI is InChI=1S/C17H27N5O2S/c1-12(15(23)19-14-7-3-2-4-8-14)22-9-5-6-13(10-22)16(24)20-17-21-18-11-25-17/h11-14H,2-10H2,1H3,(H,19,23)(H,20,21,24)/t12-,13-/m0/s1. The minimum absolute atomic E-state index is 0.0265. The number of anilines is 1. The number of amides is 2. The van der Waals surface area contributed by atoms with Crippen molar-refractivity contribution in [3.8, 4) is 0 Å². The Morgan fingerprint density at radius 2 is 2.04 bits per heavy atom. The van der Waals surface area contributed by atoms with E-state index in [1.54, 1.807) is 5.51 Å². The molecule has 2 heterocycles. The van der Waals surface area contributed by atoms with E-state index >= 15 is 0 Å². The molecular weight excluding hydrogens is 338 g/mol. The van der Waals surface area contributed by atoms with Crippen LogP contribution in [0.2, 0.25) is 0 Å². The Morgan fingerprint density at radius 1 is 1.24 bits per heavy atom. The molecule has 25 heavy (non-hydrogen) atoms. The van der Waals surface area contributed by atoms with E-state index in [1.807, 2.05) is 6.92 Å². The van der Waals surface area contributed by atoms with Gasteiger partial charge >= 0.3 is 0 Å². The number of hydrogen-bond donors (Lipinski definition) is 2. The molecule has 1 aromatic heterocycles. The highest BCUT2D eigenvalue weighted by Gasteiger charge is 2.31. The smallest absolute Gasteiger partial charge is 0.237 e. The lowest BCUT2D eigenvalue weighted by Gasteiger charge is -2.36. The third-order valence-electron chi connectivity index (χ3n) is 5.29. The molecule has 0 radical (unpaired) electrons. The first-order valence-corrected chi connectivity index (χ1v) is 10.1. The van der Waals surface area contributed by atoms with E-state index in [0.29, 0.717) is 17.7 Å². The number of likely N-dealkylation sites (tertiary alicyclic amines) is 1. The maximum Gasteiger partial charge on any atom is 0.237 e. The van der Waals surface area contributed by atoms with Crippen LogP contribution in [0.4, 0.5) is 5.13 Å². The van der Waals surface area contributed by atoms with Gasteiger partial charge in [-0.15, -0.1) is 10.2 Å². The highest BCUT2D eigenvalue weighted by molar-refractivity contribution is 7.13. The molecule has 0 bridgehead atoms. The van der Waals surface area contributed by atoms with E-state index in [-0.39, 0.29) is 23.8 Å². The van der Waals surface area contributed by atoms with Crippen LogP contribution in [0.1, 0.15) is 51.9 Å². The zero-order valence-corrected chi connectivity index (χ0v) is 15.6. The van der Waals surface area contributed by atoms with Crippen LogP contribution in [-0.4, -0.2) is 52.1 Å². The number of rotatable bonds is 5. The normalized spacial score (nSPS) is 23.8. The Bertz CT molecular complexity index is 574. The Hall–Kier alpha value is -1.54. The summed E-state index contributed by atoms with van der Waals surface area (Å²) in [5.41, 5.74) is 1.60. The molecule has 0 aromatic carbocycles. The summed E-state index contributed by atoms with van der Waals surface area (Å²) in [5, 5.41) is 14.1. The number of nitrogens with one attached hydrogen (secondary N) is 2. The maximum atomic E-state index is 12.6. The lowest BCUT2D eigenvalue weighted by molar-refractivity contribution is -0.129. The van der Waals surface area contributed by atoms with Gasteiger partial charge in [0, 0.05) is 12.6 Å². The molecule has 8 heteroatoms. The molecule has 1 aliphatic carbocycles. The summed E-state index contributed by atoms with van der Waals surface area (Å²) < 4.78 is 0. The number of carbonyl (C=O) groups excluding carboxylic acids is 2. The first-order chi connectivity index (χ1) is 12.1. The zero-order chi connectivity index (χ0) is 17.6. The Balaban J connectivity index is 1.51. The van der Waals surface area contributed by atoms with Gasteiger partial charge in [0.05, 0.1) is 12.0 Å². The van der Waals surface area contributed by atoms with Crippen molar-refractivity contribution in [2.75, 3.05) is 18.4 Å². The molecule has 7 nitrogen and oxygen atoms in total. The predicted octanol–water partition coefficient (Wildman–Crippen LogP) is 2.03. The molecule has 3 rings (SSSR count). The number of aromatic nitrogens is 2. The van der Waals surface area contributed by atoms with Gasteiger partial charge in [-0.05, 0) is 39.2 Å². The van der Waals surface area contributed by atoms with E-state index < -0.39 is 0 Å². The van der Waals surface area contributed by atoms with E-state index in [9.17, 15) is 9.59 Å². The molecule has 1 saturated heterocycles. The molecule has 138 valence electrons. The molecule has 2 fully saturated rings. The molecule has 1 saturated carbocycles. The van der Waals surface area contributed by atoms with E-state index in [4.69, 9.17) is 0 Å². The Morgan fingerprint density at radius 3 is 2.76 bits per heavy atom. The largest absolute Gasteiger partial charge is 0.352 e. The van der Waals surface area contributed by atoms with Gasteiger partial charge in [0.25, 0.3) is 0 Å². The van der Waals surface area contributed by atoms with Crippen LogP contribution in [0, 0.1) is 5.92 Å². The van der Waals surface area contributed by atoms with Crippen molar-refractivity contribution in [2.24, 2.45) is 5.92 Å². The third kappa shape index (κ3) is 4.98. The monoisotopic (exact) mass is 365 g/mol. The second kappa shape index (κ2) is 8.71. The van der Waals surface area contributed by atoms with Crippen molar-refractivity contribution >= 4 is 28.3 Å². The summed E-state index contributed by atoms with van der Waals surface area (Å²) in [6.45, 7) is 3.43. The molecule has 2 amide bonds. The van der Waals surface area contributed by atoms with Gasteiger partial charge in [-0.1, -0.05) is 30.6 Å². The minimum Gasteiger partial charge on any atom is -0.352 e. The first kappa shape index (κ1) is 18.3. The predicted molar refractivity (Wildman–Crippen MR) is 97.3 cm³/mol. The van der Waals surface area contributed by atoms with Crippen LogP contribution in [0.25, 0.3) is 0 Å². The van der Waals surface area contributed by atoms with Crippen LogP contribution in [0.5, 0.6) is 0 Å². The highest BCUT2D eigenvalue weighted by atomic mass is 32.1. The fraction of sp³-hybridized carbons (Fsp3) is 0.765. The highest BCUT2D eigenvalue weighted by Crippen LogP contribution is 2.22. The first-order valence-electron chi connectivity index (χ1n) is 9.25. The molecule has 0 spiro atoms. The molecule has 2 N–H and O–H groups in total. The van der Waals surface area contributed by atoms with Crippen LogP contribution in [0.3, 0.4) is 0 Å². The quantitative estimate of drug-likeness (QED) is 0.834. The maximum absolute atomic E-state index is 12.6. The van der Waals surface area contributed by atoms with Crippen molar-refractivity contribution in [1.82, 2.24) is 20.4 Å². The van der Waals surface area contributed by atoms with Crippen molar-refractivity contribution in [2.45, 2.75) is 64.0 Å². The van der Waals surface area contributed by atoms with Gasteiger partial charge in [0.2, 0.25) is 16.9 Å². The van der Waals surface area contributed by atoms with Gasteiger partial charge in [0.15, 0.2) is 0 Å². The van der Waals surface area contributed by atoms with E-state index in [0.717, 1.165) is 32.2 Å². The molecule has 2 atom stereocenters. The van der Waals surface area contributed by atoms with Crippen molar-refractivity contribution in [3.63, 3.8) is 0 Å². The van der Waals surface area contributed by atoms with Gasteiger partial charge in [-0.3, -0.25) is 14.5 Å². The van der Waals surface area contributed by atoms with Gasteiger partial charge in [0.1, 0.15) is 5.51 Å². The van der Waals surface area contributed by atoms with Crippen LogP contribution in [0.15, 0.2) is 5.51 Å². The Kier molecular flexibility index (Phi) is 6.36. The fourth-order valence-corrected chi connectivity index (χ4v) is 4.19. The number of hydrogen-bond acceptors (Lipinski definition) is 6. The van der Waals surface area contributed by atoms with Crippen LogP contribution < -0.4 is 10.6 Å². The van der Waals surface area contributed by atoms with Crippen LogP contribution >= 0.6 is 11.3 Å². The van der Waals surface area contributed by atoms with E-state index in [1.165, 1.54) is 30.6 Å². The number of piperidine rings is 1. The van der Waals surface area contributed by atoms with Crippen molar-refractivity contribution < 1.29 is 9.59 Å². The number of carbonyl (C=O) groups is 2. The molecule has 1 aliphatic heterocycles. The fourth-order valence-electron chi connectivity index (χ4n) is 3.74. The van der Waals surface area contributed by atoms with Gasteiger partial charge in [-0.25, -0.2) is 0 Å². The third-order valence-corrected chi connectivity index (χ3v) is 5.90. The molecule has 1 aromatic rings. The van der Waals surface area contributed by atoms with E-state index in [2.05, 4.69) is 25.7 Å². The average molecular weight is 366 g/mol. The second-order valence-electron chi connectivity index (χ2n) is 7.09. The minimum atomic E-state index is -0.195. The zero-order valence-electron chi connectivity index (χ0n) is 14.7. The Labute approximate surface area is 152 Å². The topological polar surface area (TPSA) is 87.2 Å². The summed E-state index contributed by atoms with van der Waals surface area (Å²) in [6.07, 6.45) is 7.64. The molecule has 0 unspecified atom stereocenters. The lowest BCUT2D eigenvalue weighted by Crippen LogP contribution is -2.52. The summed E-state index contributed by atoms with van der Waals surface area (Å²) in [5.74, 6) is -0.0407. The summed E-state index contributed by atoms with van der Waals surface area (Å²) in [7, 11) is 0. The summed E-state index contributed by atoms with van der Waals surface area (Å²) >= 11 is 1.31. The summed E-state index contributed by atoms with van der Waals surface area (Å²) in [4.78, 5) is 27.1. The second-order valence-corrected chi connectivity index (χ2v) is 7.92. The SMILES string of the molecule is C[C@@H](C(=O)NC1CCCCC1)N1CCC[C@H](C(=O)Nc2nncs2)C1. The average Bonchev–Trinajstić information content (AvgIpc) is 3.15.